The maximum absolute atomic E-state index is 14.0. The van der Waals surface area contributed by atoms with Gasteiger partial charge in [-0.2, -0.15) is 8.42 Å². The van der Waals surface area contributed by atoms with Gasteiger partial charge in [0.2, 0.25) is 11.8 Å². The summed E-state index contributed by atoms with van der Waals surface area (Å²) in [4.78, 5) is 25.9. The van der Waals surface area contributed by atoms with Gasteiger partial charge < -0.3 is 15.4 Å². The molecule has 8 nitrogen and oxygen atoms in total. The third kappa shape index (κ3) is 8.87. The second-order valence-electron chi connectivity index (χ2n) is 14.8. The molecule has 1 aliphatic heterocycles. The first kappa shape index (κ1) is 33.0. The van der Waals surface area contributed by atoms with Crippen LogP contribution < -0.4 is 10.6 Å². The zero-order valence-electron chi connectivity index (χ0n) is 26.8. The van der Waals surface area contributed by atoms with Crippen LogP contribution in [0.25, 0.3) is 0 Å². The molecule has 4 unspecified atom stereocenters. The molecule has 244 valence electrons. The zero-order valence-corrected chi connectivity index (χ0v) is 27.6. The van der Waals surface area contributed by atoms with Crippen molar-refractivity contribution in [2.75, 3.05) is 5.75 Å². The lowest BCUT2D eigenvalue weighted by atomic mass is 9.71. The summed E-state index contributed by atoms with van der Waals surface area (Å²) in [6.45, 7) is 6.78. The molecule has 0 saturated heterocycles. The topological polar surface area (TPSA) is 122 Å². The fourth-order valence-corrected chi connectivity index (χ4v) is 8.34. The Bertz CT molecular complexity index is 1300. The molecule has 0 saturated carbocycles. The molecule has 4 aliphatic carbocycles. The van der Waals surface area contributed by atoms with Crippen LogP contribution in [0.2, 0.25) is 0 Å². The molecule has 5 aliphatic rings. The summed E-state index contributed by atoms with van der Waals surface area (Å²) in [6.07, 6.45) is 22.8. The van der Waals surface area contributed by atoms with Crippen molar-refractivity contribution in [2.24, 2.45) is 29.1 Å². The van der Waals surface area contributed by atoms with Crippen LogP contribution in [0.5, 0.6) is 0 Å². The number of carbonyl (C=O) groups is 2. The summed E-state index contributed by atoms with van der Waals surface area (Å²) in [5.41, 5.74) is 3.85. The molecule has 9 heteroatoms. The molecule has 3 N–H and O–H groups in total. The number of amides is 2. The van der Waals surface area contributed by atoms with Gasteiger partial charge in [0.1, 0.15) is 6.10 Å². The van der Waals surface area contributed by atoms with Gasteiger partial charge in [0.05, 0.1) is 5.76 Å². The molecular formula is C35H52N2O6S. The van der Waals surface area contributed by atoms with Crippen LogP contribution in [0.3, 0.4) is 0 Å². The quantitative estimate of drug-likeness (QED) is 0.197. The van der Waals surface area contributed by atoms with Crippen LogP contribution in [-0.4, -0.2) is 42.7 Å². The first-order chi connectivity index (χ1) is 20.8. The summed E-state index contributed by atoms with van der Waals surface area (Å²) in [5.74, 6) is 0.680. The molecule has 5 rings (SSSR count). The number of hydrogen-bond donors (Lipinski definition) is 3. The van der Waals surface area contributed by atoms with Crippen molar-refractivity contribution < 1.29 is 27.3 Å². The fourth-order valence-electron chi connectivity index (χ4n) is 7.94. The van der Waals surface area contributed by atoms with Crippen molar-refractivity contribution in [3.8, 4) is 0 Å². The van der Waals surface area contributed by atoms with Crippen LogP contribution in [0.4, 0.5) is 0 Å². The van der Waals surface area contributed by atoms with Crippen LogP contribution in [0.1, 0.15) is 111 Å². The van der Waals surface area contributed by atoms with E-state index in [1.54, 1.807) is 0 Å². The van der Waals surface area contributed by atoms with Gasteiger partial charge in [-0.3, -0.25) is 14.1 Å². The van der Waals surface area contributed by atoms with Gasteiger partial charge in [0.25, 0.3) is 10.1 Å². The largest absolute Gasteiger partial charge is 0.494 e. The Balaban J connectivity index is 1.19. The van der Waals surface area contributed by atoms with Crippen molar-refractivity contribution in [1.29, 1.82) is 0 Å². The van der Waals surface area contributed by atoms with Gasteiger partial charge in [0, 0.05) is 36.4 Å². The van der Waals surface area contributed by atoms with Crippen molar-refractivity contribution in [2.45, 2.75) is 123 Å². The van der Waals surface area contributed by atoms with Gasteiger partial charge in [-0.15, -0.1) is 0 Å². The van der Waals surface area contributed by atoms with Gasteiger partial charge in [-0.1, -0.05) is 50.6 Å². The van der Waals surface area contributed by atoms with E-state index >= 15 is 0 Å². The Kier molecular flexibility index (Phi) is 10.4. The first-order valence-corrected chi connectivity index (χ1v) is 18.4. The van der Waals surface area contributed by atoms with Crippen molar-refractivity contribution in [3.63, 3.8) is 0 Å². The van der Waals surface area contributed by atoms with Gasteiger partial charge >= 0.3 is 0 Å². The number of rotatable bonds is 9. The molecule has 44 heavy (non-hydrogen) atoms. The van der Waals surface area contributed by atoms with Crippen LogP contribution >= 0.6 is 0 Å². The number of allylic oxidation sites excluding steroid dienone is 5. The summed E-state index contributed by atoms with van der Waals surface area (Å²) < 4.78 is 37.4. The van der Waals surface area contributed by atoms with Gasteiger partial charge in [-0.05, 0) is 99.9 Å². The highest BCUT2D eigenvalue weighted by Gasteiger charge is 2.36. The van der Waals surface area contributed by atoms with E-state index in [-0.39, 0.29) is 29.4 Å². The third-order valence-corrected chi connectivity index (χ3v) is 11.1. The van der Waals surface area contributed by atoms with Crippen LogP contribution in [-0.2, 0) is 24.4 Å². The summed E-state index contributed by atoms with van der Waals surface area (Å²) in [5, 5.41) is 6.04. The molecule has 6 atom stereocenters. The molecule has 0 aromatic carbocycles. The second kappa shape index (κ2) is 13.9. The molecule has 0 aromatic heterocycles. The van der Waals surface area contributed by atoms with Crippen molar-refractivity contribution in [1.82, 2.24) is 10.6 Å². The van der Waals surface area contributed by atoms with E-state index in [1.807, 2.05) is 6.08 Å². The lowest BCUT2D eigenvalue weighted by Crippen LogP contribution is -2.43. The predicted molar refractivity (Wildman–Crippen MR) is 172 cm³/mol. The van der Waals surface area contributed by atoms with Gasteiger partial charge in [-0.25, -0.2) is 0 Å². The molecule has 0 fully saturated rings. The highest BCUT2D eigenvalue weighted by atomic mass is 32.2. The Morgan fingerprint density at radius 2 is 1.80 bits per heavy atom. The Labute approximate surface area is 264 Å². The Morgan fingerprint density at radius 1 is 1.00 bits per heavy atom. The number of carbonyl (C=O) groups excluding carboxylic acids is 2. The normalized spacial score (nSPS) is 30.0. The molecule has 2 amide bonds. The minimum Gasteiger partial charge on any atom is -0.494 e. The van der Waals surface area contributed by atoms with E-state index in [2.05, 4.69) is 49.6 Å². The maximum Gasteiger partial charge on any atom is 0.274 e. The first-order valence-electron chi connectivity index (χ1n) is 16.8. The Morgan fingerprint density at radius 3 is 2.41 bits per heavy atom. The van der Waals surface area contributed by atoms with Crippen molar-refractivity contribution in [3.05, 3.63) is 46.9 Å². The second-order valence-corrected chi connectivity index (χ2v) is 16.3. The molecule has 0 aromatic rings. The predicted octanol–water partition coefficient (Wildman–Crippen LogP) is 6.52. The smallest absolute Gasteiger partial charge is 0.274 e. The third-order valence-electron chi connectivity index (χ3n) is 10.5. The summed E-state index contributed by atoms with van der Waals surface area (Å²) in [7, 11) is -4.36. The average Bonchev–Trinajstić information content (AvgIpc) is 3.40. The van der Waals surface area contributed by atoms with E-state index in [0.717, 1.165) is 64.2 Å². The lowest BCUT2D eigenvalue weighted by molar-refractivity contribution is -0.128. The summed E-state index contributed by atoms with van der Waals surface area (Å²) >= 11 is 0. The van der Waals surface area contributed by atoms with Crippen molar-refractivity contribution >= 4 is 21.9 Å². The highest BCUT2D eigenvalue weighted by molar-refractivity contribution is 7.86. The van der Waals surface area contributed by atoms with Crippen LogP contribution in [0.15, 0.2) is 46.9 Å². The van der Waals surface area contributed by atoms with Crippen LogP contribution in [0, 0.1) is 29.1 Å². The maximum atomic E-state index is 14.0. The average molecular weight is 629 g/mol. The molecule has 0 bridgehead atoms. The lowest BCUT2D eigenvalue weighted by Gasteiger charge is -2.36. The SMILES string of the molecule is CC(C)(C)C1=CCC(C(C[C@@H]2CC=C(NC(=O)CS(=O)(=O)O)CC2)C(=O)NC2C=C[C@@H](C3CC4=C(CCCC4)O3)CC2)CC1. The number of hydrogen-bond acceptors (Lipinski definition) is 5. The van der Waals surface area contributed by atoms with E-state index in [4.69, 9.17) is 9.29 Å². The number of ether oxygens (including phenoxy) is 1. The number of nitrogens with one attached hydrogen (secondary N) is 2. The molecule has 0 spiro atoms. The van der Waals surface area contributed by atoms with E-state index < -0.39 is 21.8 Å². The van der Waals surface area contributed by atoms with E-state index in [1.165, 1.54) is 36.2 Å². The Hall–Kier alpha value is -2.39. The highest BCUT2D eigenvalue weighted by Crippen LogP contribution is 2.42. The minimum absolute atomic E-state index is 0.0466. The van der Waals surface area contributed by atoms with Gasteiger partial charge in [0.15, 0.2) is 5.75 Å². The van der Waals surface area contributed by atoms with E-state index in [0.29, 0.717) is 29.9 Å². The minimum atomic E-state index is -4.36. The molecule has 1 heterocycles. The monoisotopic (exact) mass is 628 g/mol. The molecule has 0 radical (unpaired) electrons. The molecular weight excluding hydrogens is 576 g/mol. The summed E-state index contributed by atoms with van der Waals surface area (Å²) in [6, 6.07) is 0.0466. The standard InChI is InChI=1S/C35H52N2O6S/c1-35(2,3)27-14-10-24(11-15-27)30(20-23-8-16-28(17-9-23)36-33(38)22-44(40,41)42)34(39)37-29-18-12-25(13-19-29)32-21-26-6-4-5-7-31(26)43-32/h12,14,16,18,23-25,29-30,32H,4-11,13,15,17,19-22H2,1-3H3,(H,36,38)(H,37,39)(H,40,41,42)/t23-,24?,25-,29?,30?,32?/m1/s1. The fraction of sp³-hybridized carbons (Fsp3) is 0.714. The zero-order chi connectivity index (χ0) is 31.5. The van der Waals surface area contributed by atoms with E-state index in [9.17, 15) is 18.0 Å².